The van der Waals surface area contributed by atoms with Gasteiger partial charge in [-0.2, -0.15) is 13.2 Å². The summed E-state index contributed by atoms with van der Waals surface area (Å²) in [5.41, 5.74) is 0.216. The highest BCUT2D eigenvalue weighted by atomic mass is 35.5. The average Bonchev–Trinajstić information content (AvgIpc) is 3.32. The Balaban J connectivity index is 1.79. The van der Waals surface area contributed by atoms with Crippen molar-refractivity contribution in [1.29, 1.82) is 0 Å². The Labute approximate surface area is 229 Å². The summed E-state index contributed by atoms with van der Waals surface area (Å²) in [5.74, 6) is -1.00. The highest BCUT2D eigenvalue weighted by Crippen LogP contribution is 2.36. The van der Waals surface area contributed by atoms with Gasteiger partial charge >= 0.3 is 6.18 Å². The number of alkyl halides is 3. The van der Waals surface area contributed by atoms with Gasteiger partial charge in [-0.3, -0.25) is 4.72 Å². The zero-order chi connectivity index (χ0) is 28.3. The molecule has 1 heterocycles. The van der Waals surface area contributed by atoms with Gasteiger partial charge in [0.1, 0.15) is 10.7 Å². The van der Waals surface area contributed by atoms with Crippen molar-refractivity contribution in [2.45, 2.75) is 49.3 Å². The third-order valence-electron chi connectivity index (χ3n) is 6.41. The summed E-state index contributed by atoms with van der Waals surface area (Å²) in [6, 6.07) is 1.93. The number of thiazole rings is 1. The number of hydrogen-bond acceptors (Lipinski definition) is 6. The number of halogens is 5. The summed E-state index contributed by atoms with van der Waals surface area (Å²) in [7, 11) is -0.411. The number of aromatic nitrogens is 1. The van der Waals surface area contributed by atoms with Crippen LogP contribution in [0.2, 0.25) is 5.02 Å². The molecule has 0 aliphatic heterocycles. The molecule has 2 aromatic rings. The Morgan fingerprint density at radius 1 is 1.29 bits per heavy atom. The molecule has 0 radical (unpaired) electrons. The Bertz CT molecular complexity index is 1310. The van der Waals surface area contributed by atoms with Crippen LogP contribution in [-0.4, -0.2) is 50.7 Å². The van der Waals surface area contributed by atoms with E-state index in [1.54, 1.807) is 11.5 Å². The van der Waals surface area contributed by atoms with Gasteiger partial charge in [-0.15, -0.1) is 11.3 Å². The molecule has 0 saturated heterocycles. The number of hydrogen-bond donors (Lipinski definition) is 2. The summed E-state index contributed by atoms with van der Waals surface area (Å²) >= 11 is 7.45. The number of rotatable bonds is 9. The van der Waals surface area contributed by atoms with Gasteiger partial charge in [0, 0.05) is 29.2 Å². The second-order valence-corrected chi connectivity index (χ2v) is 12.2. The van der Waals surface area contributed by atoms with Crippen molar-refractivity contribution >= 4 is 43.8 Å². The SMILES string of the molecule is C=C(/C=C\C=C(/C)C(F)(F)F)[C@@H]1CC[C@@H](N(C)C)[C@H](Nc2cc(F)c(S(=O)(=O)Nc3nccs3)cc2Cl)C1. The minimum Gasteiger partial charge on any atom is -0.379 e. The molecule has 13 heteroatoms. The maximum Gasteiger partial charge on any atom is 0.412 e. The largest absolute Gasteiger partial charge is 0.412 e. The van der Waals surface area contributed by atoms with Gasteiger partial charge in [0.05, 0.1) is 10.7 Å². The number of nitrogens with zero attached hydrogens (tertiary/aromatic N) is 2. The zero-order valence-corrected chi connectivity index (χ0v) is 23.4. The zero-order valence-electron chi connectivity index (χ0n) is 21.0. The second kappa shape index (κ2) is 12.2. The Kier molecular flexibility index (Phi) is 9.66. The lowest BCUT2D eigenvalue weighted by atomic mass is 9.78. The van der Waals surface area contributed by atoms with E-state index >= 15 is 4.39 Å². The van der Waals surface area contributed by atoms with Crippen LogP contribution in [0.25, 0.3) is 0 Å². The van der Waals surface area contributed by atoms with Crippen molar-refractivity contribution in [2.24, 2.45) is 5.92 Å². The lowest BCUT2D eigenvalue weighted by Gasteiger charge is -2.41. The van der Waals surface area contributed by atoms with Crippen LogP contribution in [0.15, 0.2) is 64.6 Å². The van der Waals surface area contributed by atoms with Crippen LogP contribution in [0, 0.1) is 11.7 Å². The van der Waals surface area contributed by atoms with E-state index in [-0.39, 0.29) is 33.8 Å². The first kappa shape index (κ1) is 30.1. The Morgan fingerprint density at radius 3 is 2.61 bits per heavy atom. The summed E-state index contributed by atoms with van der Waals surface area (Å²) < 4.78 is 80.7. The number of nitrogens with one attached hydrogen (secondary N) is 2. The lowest BCUT2D eigenvalue weighted by Crippen LogP contribution is -2.47. The molecule has 3 atom stereocenters. The number of allylic oxidation sites excluding steroid dienone is 5. The van der Waals surface area contributed by atoms with Gasteiger partial charge in [0.25, 0.3) is 10.0 Å². The molecule has 0 bridgehead atoms. The molecule has 38 heavy (non-hydrogen) atoms. The third-order valence-corrected chi connectivity index (χ3v) is 8.90. The highest BCUT2D eigenvalue weighted by Gasteiger charge is 2.33. The fourth-order valence-corrected chi connectivity index (χ4v) is 6.46. The molecule has 1 aliphatic rings. The highest BCUT2D eigenvalue weighted by molar-refractivity contribution is 7.93. The van der Waals surface area contributed by atoms with Crippen LogP contribution in [0.4, 0.5) is 28.4 Å². The first-order valence-electron chi connectivity index (χ1n) is 11.6. The second-order valence-electron chi connectivity index (χ2n) is 9.28. The summed E-state index contributed by atoms with van der Waals surface area (Å²) in [4.78, 5) is 5.28. The minimum atomic E-state index is -4.38. The molecule has 1 saturated carbocycles. The summed E-state index contributed by atoms with van der Waals surface area (Å²) in [5, 5.41) is 4.97. The molecule has 1 aromatic carbocycles. The molecule has 1 aliphatic carbocycles. The normalized spacial score (nSPS) is 21.2. The van der Waals surface area contributed by atoms with E-state index in [1.807, 2.05) is 19.0 Å². The molecule has 0 spiro atoms. The molecule has 2 N–H and O–H groups in total. The fraction of sp³-hybridized carbons (Fsp3) is 0.400. The van der Waals surface area contributed by atoms with Gasteiger partial charge in [-0.1, -0.05) is 42.0 Å². The smallest absolute Gasteiger partial charge is 0.379 e. The van der Waals surface area contributed by atoms with Crippen molar-refractivity contribution in [3.05, 3.63) is 70.5 Å². The van der Waals surface area contributed by atoms with Crippen LogP contribution in [0.1, 0.15) is 26.2 Å². The molecule has 1 aromatic heterocycles. The lowest BCUT2D eigenvalue weighted by molar-refractivity contribution is -0.0913. The van der Waals surface area contributed by atoms with Crippen molar-refractivity contribution in [2.75, 3.05) is 24.1 Å². The van der Waals surface area contributed by atoms with E-state index in [0.717, 1.165) is 49.3 Å². The molecule has 6 nitrogen and oxygen atoms in total. The van der Waals surface area contributed by atoms with E-state index in [0.29, 0.717) is 12.0 Å². The van der Waals surface area contributed by atoms with Gasteiger partial charge < -0.3 is 10.2 Å². The van der Waals surface area contributed by atoms with E-state index in [4.69, 9.17) is 11.6 Å². The number of sulfonamides is 1. The fourth-order valence-electron chi connectivity index (χ4n) is 4.30. The molecule has 3 rings (SSSR count). The van der Waals surface area contributed by atoms with E-state index in [9.17, 15) is 21.6 Å². The summed E-state index contributed by atoms with van der Waals surface area (Å²) in [6.07, 6.45) is 3.06. The van der Waals surface area contributed by atoms with Crippen molar-refractivity contribution in [3.63, 3.8) is 0 Å². The average molecular weight is 593 g/mol. The number of benzene rings is 1. The summed E-state index contributed by atoms with van der Waals surface area (Å²) in [6.45, 7) is 5.05. The molecule has 1 fully saturated rings. The third kappa shape index (κ3) is 7.58. The maximum atomic E-state index is 15.0. The quantitative estimate of drug-likeness (QED) is 0.246. The predicted molar refractivity (Wildman–Crippen MR) is 145 cm³/mol. The van der Waals surface area contributed by atoms with E-state index < -0.39 is 32.5 Å². The van der Waals surface area contributed by atoms with E-state index in [2.05, 4.69) is 21.6 Å². The predicted octanol–water partition coefficient (Wildman–Crippen LogP) is 6.87. The van der Waals surface area contributed by atoms with Crippen LogP contribution in [0.5, 0.6) is 0 Å². The monoisotopic (exact) mass is 592 g/mol. The van der Waals surface area contributed by atoms with Crippen molar-refractivity contribution in [3.8, 4) is 0 Å². The standard InChI is InChI=1S/C25H29ClF4N4O2S2/c1-15(6-5-7-16(2)25(28,29)30)17-8-9-22(34(3)4)21(12-17)32-20-14-19(27)23(13-18(20)26)38(35,36)33-24-31-10-11-37-24/h5-7,10-11,13-14,17,21-22,32H,1,8-9,12H2,2-4H3,(H,31,33)/b6-5-,16-7+/t17-,21-,22-/m1/s1. The van der Waals surface area contributed by atoms with Crippen LogP contribution in [-0.2, 0) is 10.0 Å². The van der Waals surface area contributed by atoms with E-state index in [1.165, 1.54) is 12.3 Å². The molecule has 0 amide bonds. The Morgan fingerprint density at radius 2 is 2.00 bits per heavy atom. The van der Waals surface area contributed by atoms with Crippen molar-refractivity contribution < 1.29 is 26.0 Å². The van der Waals surface area contributed by atoms with Gasteiger partial charge in [0.2, 0.25) is 0 Å². The Hall–Kier alpha value is -2.41. The van der Waals surface area contributed by atoms with Crippen LogP contribution < -0.4 is 10.0 Å². The minimum absolute atomic E-state index is 0.0229. The number of anilines is 2. The molecular weight excluding hydrogens is 564 g/mol. The van der Waals surface area contributed by atoms with Crippen LogP contribution >= 0.6 is 22.9 Å². The first-order chi connectivity index (χ1) is 17.7. The maximum absolute atomic E-state index is 15.0. The van der Waals surface area contributed by atoms with Gasteiger partial charge in [0.15, 0.2) is 5.13 Å². The number of likely N-dealkylation sites (N-methyl/N-ethyl adjacent to an activating group) is 1. The van der Waals surface area contributed by atoms with Crippen molar-refractivity contribution in [1.82, 2.24) is 9.88 Å². The van der Waals surface area contributed by atoms with Gasteiger partial charge in [-0.25, -0.2) is 17.8 Å². The molecule has 0 unspecified atom stereocenters. The van der Waals surface area contributed by atoms with Gasteiger partial charge in [-0.05, 0) is 58.3 Å². The molecule has 208 valence electrons. The first-order valence-corrected chi connectivity index (χ1v) is 14.4. The van der Waals surface area contributed by atoms with Crippen LogP contribution in [0.3, 0.4) is 0 Å². The topological polar surface area (TPSA) is 74.3 Å². The molecular formula is C25H29ClF4N4O2S2.